The molecule has 0 spiro atoms. The van der Waals surface area contributed by atoms with Crippen LogP contribution in [0.2, 0.25) is 0 Å². The molecule has 1 aliphatic rings. The van der Waals surface area contributed by atoms with Gasteiger partial charge in [0, 0.05) is 13.1 Å². The number of carboxylic acid groups (broad SMARTS) is 1. The van der Waals surface area contributed by atoms with Gasteiger partial charge in [-0.2, -0.15) is 0 Å². The van der Waals surface area contributed by atoms with Crippen molar-refractivity contribution >= 4 is 17.9 Å². The first kappa shape index (κ1) is 13.3. The Bertz CT molecular complexity index is 332. The number of piperidine rings is 1. The maximum atomic E-state index is 11.9. The number of carboxylic acids is 1. The van der Waals surface area contributed by atoms with Crippen molar-refractivity contribution in [3.63, 3.8) is 0 Å². The van der Waals surface area contributed by atoms with Crippen LogP contribution in [0.4, 0.5) is 4.79 Å². The highest BCUT2D eigenvalue weighted by molar-refractivity contribution is 5.86. The van der Waals surface area contributed by atoms with E-state index in [1.165, 1.54) is 11.8 Å². The van der Waals surface area contributed by atoms with Crippen LogP contribution in [0.15, 0.2) is 0 Å². The molecule has 2 atom stereocenters. The second kappa shape index (κ2) is 5.51. The molecule has 1 saturated heterocycles. The lowest BCUT2D eigenvalue weighted by atomic mass is 9.98. The standard InChI is InChI=1S/C10H17N3O4/c1-6(12-10(11)17)8(14)13-4-2-3-7(5-13)9(15)16/h6-7H,2-5H2,1H3,(H,15,16)(H3,11,12,17)/t6?,7-/m1/s1. The van der Waals surface area contributed by atoms with Gasteiger partial charge in [-0.15, -0.1) is 0 Å². The maximum Gasteiger partial charge on any atom is 0.312 e. The minimum atomic E-state index is -0.891. The van der Waals surface area contributed by atoms with Crippen LogP contribution in [0, 0.1) is 5.92 Å². The van der Waals surface area contributed by atoms with E-state index in [0.717, 1.165) is 0 Å². The highest BCUT2D eigenvalue weighted by atomic mass is 16.4. The van der Waals surface area contributed by atoms with E-state index >= 15 is 0 Å². The quantitative estimate of drug-likeness (QED) is 0.612. The number of hydrogen-bond donors (Lipinski definition) is 3. The van der Waals surface area contributed by atoms with Gasteiger partial charge in [0.05, 0.1) is 5.92 Å². The predicted octanol–water partition coefficient (Wildman–Crippen LogP) is -0.634. The third-order valence-electron chi connectivity index (χ3n) is 2.81. The Labute approximate surface area is 98.9 Å². The third kappa shape index (κ3) is 3.61. The van der Waals surface area contributed by atoms with Crippen molar-refractivity contribution in [3.8, 4) is 0 Å². The number of carbonyl (C=O) groups is 3. The lowest BCUT2D eigenvalue weighted by Crippen LogP contribution is -2.51. The zero-order valence-electron chi connectivity index (χ0n) is 9.68. The van der Waals surface area contributed by atoms with Crippen molar-refractivity contribution in [2.75, 3.05) is 13.1 Å². The molecule has 17 heavy (non-hydrogen) atoms. The molecule has 7 heteroatoms. The minimum Gasteiger partial charge on any atom is -0.481 e. The van der Waals surface area contributed by atoms with Gasteiger partial charge in [-0.1, -0.05) is 0 Å². The predicted molar refractivity (Wildman–Crippen MR) is 59.1 cm³/mol. The topological polar surface area (TPSA) is 113 Å². The fraction of sp³-hybridized carbons (Fsp3) is 0.700. The van der Waals surface area contributed by atoms with Gasteiger partial charge in [0.2, 0.25) is 5.91 Å². The van der Waals surface area contributed by atoms with Gasteiger partial charge in [0.1, 0.15) is 6.04 Å². The summed E-state index contributed by atoms with van der Waals surface area (Å²) in [6.45, 7) is 2.24. The summed E-state index contributed by atoms with van der Waals surface area (Å²) in [7, 11) is 0. The molecule has 0 aliphatic carbocycles. The molecule has 4 N–H and O–H groups in total. The van der Waals surface area contributed by atoms with Gasteiger partial charge >= 0.3 is 12.0 Å². The molecular formula is C10H17N3O4. The van der Waals surface area contributed by atoms with Gasteiger partial charge in [-0.05, 0) is 19.8 Å². The number of likely N-dealkylation sites (tertiary alicyclic amines) is 1. The van der Waals surface area contributed by atoms with E-state index in [1.54, 1.807) is 0 Å². The van der Waals surface area contributed by atoms with Crippen LogP contribution in [0.5, 0.6) is 0 Å². The van der Waals surface area contributed by atoms with E-state index in [-0.39, 0.29) is 12.5 Å². The first-order valence-corrected chi connectivity index (χ1v) is 5.49. The van der Waals surface area contributed by atoms with Gasteiger partial charge in [-0.3, -0.25) is 9.59 Å². The highest BCUT2D eigenvalue weighted by Crippen LogP contribution is 2.17. The number of amides is 3. The van der Waals surface area contributed by atoms with Crippen LogP contribution < -0.4 is 11.1 Å². The molecule has 0 aromatic carbocycles. The fourth-order valence-corrected chi connectivity index (χ4v) is 1.93. The second-order valence-electron chi connectivity index (χ2n) is 4.19. The van der Waals surface area contributed by atoms with E-state index in [4.69, 9.17) is 10.8 Å². The number of urea groups is 1. The van der Waals surface area contributed by atoms with Crippen LogP contribution in [0.1, 0.15) is 19.8 Å². The van der Waals surface area contributed by atoms with Gasteiger partial charge in [0.15, 0.2) is 0 Å². The van der Waals surface area contributed by atoms with Crippen molar-refractivity contribution in [3.05, 3.63) is 0 Å². The zero-order chi connectivity index (χ0) is 13.0. The van der Waals surface area contributed by atoms with Crippen LogP contribution in [0.25, 0.3) is 0 Å². The van der Waals surface area contributed by atoms with Crippen molar-refractivity contribution in [2.45, 2.75) is 25.8 Å². The van der Waals surface area contributed by atoms with Crippen molar-refractivity contribution in [1.82, 2.24) is 10.2 Å². The molecule has 0 aromatic rings. The van der Waals surface area contributed by atoms with Crippen LogP contribution in [0.3, 0.4) is 0 Å². The lowest BCUT2D eigenvalue weighted by Gasteiger charge is -2.32. The average molecular weight is 243 g/mol. The first-order chi connectivity index (χ1) is 7.91. The number of carbonyl (C=O) groups excluding carboxylic acids is 2. The molecule has 3 amide bonds. The number of nitrogens with zero attached hydrogens (tertiary/aromatic N) is 1. The summed E-state index contributed by atoms with van der Waals surface area (Å²) in [4.78, 5) is 34.8. The Morgan fingerprint density at radius 1 is 1.47 bits per heavy atom. The summed E-state index contributed by atoms with van der Waals surface area (Å²) >= 11 is 0. The van der Waals surface area contributed by atoms with Crippen LogP contribution in [-0.4, -0.2) is 47.0 Å². The summed E-state index contributed by atoms with van der Waals surface area (Å²) in [6.07, 6.45) is 1.24. The summed E-state index contributed by atoms with van der Waals surface area (Å²) < 4.78 is 0. The maximum absolute atomic E-state index is 11.9. The smallest absolute Gasteiger partial charge is 0.312 e. The number of nitrogens with one attached hydrogen (secondary N) is 1. The van der Waals surface area contributed by atoms with E-state index in [1.807, 2.05) is 0 Å². The van der Waals surface area contributed by atoms with Gasteiger partial charge in [-0.25, -0.2) is 4.79 Å². The van der Waals surface area contributed by atoms with E-state index in [2.05, 4.69) is 5.32 Å². The van der Waals surface area contributed by atoms with E-state index < -0.39 is 24.0 Å². The number of rotatable bonds is 3. The normalized spacial score (nSPS) is 21.7. The molecule has 0 bridgehead atoms. The molecule has 1 fully saturated rings. The van der Waals surface area contributed by atoms with Crippen molar-refractivity contribution < 1.29 is 19.5 Å². The van der Waals surface area contributed by atoms with Gasteiger partial charge in [0.25, 0.3) is 0 Å². The molecule has 1 aliphatic heterocycles. The first-order valence-electron chi connectivity index (χ1n) is 5.49. The molecule has 1 rings (SSSR count). The number of primary amides is 1. The Balaban J connectivity index is 2.57. The van der Waals surface area contributed by atoms with E-state index in [0.29, 0.717) is 19.4 Å². The Hall–Kier alpha value is -1.79. The number of hydrogen-bond acceptors (Lipinski definition) is 3. The van der Waals surface area contributed by atoms with Crippen molar-refractivity contribution in [2.24, 2.45) is 11.7 Å². The highest BCUT2D eigenvalue weighted by Gasteiger charge is 2.30. The number of aliphatic carboxylic acids is 1. The molecule has 1 unspecified atom stereocenters. The van der Waals surface area contributed by atoms with E-state index in [9.17, 15) is 14.4 Å². The molecule has 1 heterocycles. The van der Waals surface area contributed by atoms with Gasteiger partial charge < -0.3 is 21.1 Å². The fourth-order valence-electron chi connectivity index (χ4n) is 1.93. The molecule has 0 aromatic heterocycles. The van der Waals surface area contributed by atoms with Crippen molar-refractivity contribution in [1.29, 1.82) is 0 Å². The molecular weight excluding hydrogens is 226 g/mol. The summed E-state index contributed by atoms with van der Waals surface area (Å²) in [5.41, 5.74) is 4.92. The third-order valence-corrected chi connectivity index (χ3v) is 2.81. The molecule has 0 saturated carbocycles. The number of nitrogens with two attached hydrogens (primary N) is 1. The monoisotopic (exact) mass is 243 g/mol. The zero-order valence-corrected chi connectivity index (χ0v) is 9.68. The molecule has 7 nitrogen and oxygen atoms in total. The molecule has 0 radical (unpaired) electrons. The summed E-state index contributed by atoms with van der Waals surface area (Å²) in [5.74, 6) is -1.71. The summed E-state index contributed by atoms with van der Waals surface area (Å²) in [6, 6.07) is -1.49. The largest absolute Gasteiger partial charge is 0.481 e. The lowest BCUT2D eigenvalue weighted by molar-refractivity contribution is -0.146. The van der Waals surface area contributed by atoms with Crippen LogP contribution in [-0.2, 0) is 9.59 Å². The minimum absolute atomic E-state index is 0.193. The summed E-state index contributed by atoms with van der Waals surface area (Å²) in [5, 5.41) is 11.2. The molecule has 96 valence electrons. The Morgan fingerprint density at radius 2 is 2.12 bits per heavy atom. The Kier molecular flexibility index (Phi) is 4.30. The SMILES string of the molecule is CC(NC(N)=O)C(=O)N1CCC[C@@H](C(=O)O)C1. The second-order valence-corrected chi connectivity index (χ2v) is 4.19. The average Bonchev–Trinajstić information content (AvgIpc) is 2.27. The Morgan fingerprint density at radius 3 is 2.65 bits per heavy atom. The van der Waals surface area contributed by atoms with Crippen LogP contribution >= 0.6 is 0 Å².